The Morgan fingerprint density at radius 3 is 3.00 bits per heavy atom. The Morgan fingerprint density at radius 1 is 1.54 bits per heavy atom. The SMILES string of the molecule is O=c1ccc(CNCC2CC2)n[nH]1. The fourth-order valence-corrected chi connectivity index (χ4v) is 1.20. The van der Waals surface area contributed by atoms with Gasteiger partial charge in [-0.25, -0.2) is 5.10 Å². The number of hydrogen-bond donors (Lipinski definition) is 2. The zero-order valence-corrected chi connectivity index (χ0v) is 7.42. The molecular formula is C9H13N3O. The lowest BCUT2D eigenvalue weighted by molar-refractivity contribution is 0.624. The molecule has 1 aromatic rings. The molecule has 0 unspecified atom stereocenters. The Morgan fingerprint density at radius 2 is 2.38 bits per heavy atom. The summed E-state index contributed by atoms with van der Waals surface area (Å²) >= 11 is 0. The molecule has 0 saturated heterocycles. The van der Waals surface area contributed by atoms with Crippen molar-refractivity contribution in [2.24, 2.45) is 5.92 Å². The van der Waals surface area contributed by atoms with Crippen LogP contribution in [-0.4, -0.2) is 16.7 Å². The van der Waals surface area contributed by atoms with Crippen LogP contribution in [0.15, 0.2) is 16.9 Å². The molecule has 0 amide bonds. The van der Waals surface area contributed by atoms with Gasteiger partial charge in [-0.1, -0.05) is 0 Å². The van der Waals surface area contributed by atoms with E-state index in [9.17, 15) is 4.79 Å². The monoisotopic (exact) mass is 179 g/mol. The Labute approximate surface area is 76.4 Å². The van der Waals surface area contributed by atoms with Crippen LogP contribution in [0.1, 0.15) is 18.5 Å². The summed E-state index contributed by atoms with van der Waals surface area (Å²) in [6.07, 6.45) is 2.71. The van der Waals surface area contributed by atoms with E-state index >= 15 is 0 Å². The van der Waals surface area contributed by atoms with Gasteiger partial charge >= 0.3 is 0 Å². The normalized spacial score (nSPS) is 16.0. The summed E-state index contributed by atoms with van der Waals surface area (Å²) in [6.45, 7) is 1.81. The third-order valence-corrected chi connectivity index (χ3v) is 2.17. The minimum Gasteiger partial charge on any atom is -0.311 e. The van der Waals surface area contributed by atoms with Crippen molar-refractivity contribution in [2.45, 2.75) is 19.4 Å². The van der Waals surface area contributed by atoms with Crippen LogP contribution in [0.25, 0.3) is 0 Å². The predicted molar refractivity (Wildman–Crippen MR) is 49.3 cm³/mol. The van der Waals surface area contributed by atoms with E-state index < -0.39 is 0 Å². The Balaban J connectivity index is 1.79. The lowest BCUT2D eigenvalue weighted by Gasteiger charge is -2.01. The van der Waals surface area contributed by atoms with Gasteiger partial charge in [0.15, 0.2) is 0 Å². The minimum atomic E-state index is -0.147. The topological polar surface area (TPSA) is 57.8 Å². The van der Waals surface area contributed by atoms with Crippen molar-refractivity contribution in [3.05, 3.63) is 28.2 Å². The first-order valence-corrected chi connectivity index (χ1v) is 4.60. The highest BCUT2D eigenvalue weighted by molar-refractivity contribution is 4.98. The molecule has 70 valence electrons. The van der Waals surface area contributed by atoms with Crippen molar-refractivity contribution < 1.29 is 0 Å². The number of aromatic amines is 1. The fraction of sp³-hybridized carbons (Fsp3) is 0.556. The number of rotatable bonds is 4. The average Bonchev–Trinajstić information content (AvgIpc) is 2.92. The quantitative estimate of drug-likeness (QED) is 0.697. The molecule has 13 heavy (non-hydrogen) atoms. The zero-order valence-electron chi connectivity index (χ0n) is 7.42. The maximum absolute atomic E-state index is 10.7. The molecule has 0 spiro atoms. The number of nitrogens with one attached hydrogen (secondary N) is 2. The third kappa shape index (κ3) is 2.66. The Kier molecular flexibility index (Phi) is 2.40. The maximum Gasteiger partial charge on any atom is 0.264 e. The zero-order chi connectivity index (χ0) is 9.10. The van der Waals surface area contributed by atoms with Crippen LogP contribution in [0, 0.1) is 5.92 Å². The molecule has 0 radical (unpaired) electrons. The highest BCUT2D eigenvalue weighted by Gasteiger charge is 2.20. The molecule has 1 fully saturated rings. The van der Waals surface area contributed by atoms with Gasteiger partial charge < -0.3 is 5.32 Å². The van der Waals surface area contributed by atoms with Crippen molar-refractivity contribution in [3.63, 3.8) is 0 Å². The van der Waals surface area contributed by atoms with E-state index in [1.807, 2.05) is 0 Å². The summed E-state index contributed by atoms with van der Waals surface area (Å²) in [7, 11) is 0. The minimum absolute atomic E-state index is 0.147. The second kappa shape index (κ2) is 3.70. The van der Waals surface area contributed by atoms with Crippen molar-refractivity contribution in [1.29, 1.82) is 0 Å². The Hall–Kier alpha value is -1.16. The number of nitrogens with zero attached hydrogens (tertiary/aromatic N) is 1. The fourth-order valence-electron chi connectivity index (χ4n) is 1.20. The van der Waals surface area contributed by atoms with Gasteiger partial charge in [0.05, 0.1) is 5.69 Å². The number of hydrogen-bond acceptors (Lipinski definition) is 3. The standard InChI is InChI=1S/C9H13N3O/c13-9-4-3-8(11-12-9)6-10-5-7-1-2-7/h3-4,7,10H,1-2,5-6H2,(H,12,13). The molecule has 1 aliphatic carbocycles. The van der Waals surface area contributed by atoms with Crippen molar-refractivity contribution in [1.82, 2.24) is 15.5 Å². The van der Waals surface area contributed by atoms with Gasteiger partial charge in [0.1, 0.15) is 0 Å². The summed E-state index contributed by atoms with van der Waals surface area (Å²) in [5, 5.41) is 9.60. The molecule has 2 N–H and O–H groups in total. The third-order valence-electron chi connectivity index (χ3n) is 2.17. The molecule has 1 heterocycles. The second-order valence-electron chi connectivity index (χ2n) is 3.49. The first-order chi connectivity index (χ1) is 6.34. The van der Waals surface area contributed by atoms with Crippen molar-refractivity contribution in [3.8, 4) is 0 Å². The summed E-state index contributed by atoms with van der Waals surface area (Å²) in [5.74, 6) is 0.878. The summed E-state index contributed by atoms with van der Waals surface area (Å²) < 4.78 is 0. The van der Waals surface area contributed by atoms with E-state index in [-0.39, 0.29) is 5.56 Å². The van der Waals surface area contributed by atoms with Crippen LogP contribution in [0.2, 0.25) is 0 Å². The van der Waals surface area contributed by atoms with Gasteiger partial charge in [-0.05, 0) is 31.4 Å². The molecule has 0 aromatic carbocycles. The molecule has 0 bridgehead atoms. The van der Waals surface area contributed by atoms with E-state index in [1.165, 1.54) is 18.9 Å². The molecule has 4 nitrogen and oxygen atoms in total. The molecule has 0 aliphatic heterocycles. The highest BCUT2D eigenvalue weighted by Crippen LogP contribution is 2.27. The lowest BCUT2D eigenvalue weighted by atomic mass is 10.3. The van der Waals surface area contributed by atoms with Crippen LogP contribution in [-0.2, 0) is 6.54 Å². The molecule has 2 rings (SSSR count). The molecule has 4 heteroatoms. The number of aromatic nitrogens is 2. The van der Waals surface area contributed by atoms with E-state index in [0.717, 1.165) is 24.7 Å². The van der Waals surface area contributed by atoms with Gasteiger partial charge in [-0.3, -0.25) is 4.79 Å². The summed E-state index contributed by atoms with van der Waals surface area (Å²) in [6, 6.07) is 3.25. The number of H-pyrrole nitrogens is 1. The van der Waals surface area contributed by atoms with Crippen molar-refractivity contribution in [2.75, 3.05) is 6.54 Å². The van der Waals surface area contributed by atoms with Crippen LogP contribution >= 0.6 is 0 Å². The van der Waals surface area contributed by atoms with Crippen molar-refractivity contribution >= 4 is 0 Å². The smallest absolute Gasteiger partial charge is 0.264 e. The van der Waals surface area contributed by atoms with Gasteiger partial charge in [0.25, 0.3) is 5.56 Å². The van der Waals surface area contributed by atoms with Crippen LogP contribution in [0.4, 0.5) is 0 Å². The van der Waals surface area contributed by atoms with Gasteiger partial charge in [0.2, 0.25) is 0 Å². The molecule has 0 atom stereocenters. The molecule has 1 aliphatic rings. The molecule has 1 saturated carbocycles. The maximum atomic E-state index is 10.7. The predicted octanol–water partition coefficient (Wildman–Crippen LogP) is 0.269. The van der Waals surface area contributed by atoms with Gasteiger partial charge in [-0.2, -0.15) is 5.10 Å². The molecule has 1 aromatic heterocycles. The van der Waals surface area contributed by atoms with E-state index in [2.05, 4.69) is 15.5 Å². The first kappa shape index (κ1) is 8.44. The van der Waals surface area contributed by atoms with Crippen LogP contribution in [0.3, 0.4) is 0 Å². The summed E-state index contributed by atoms with van der Waals surface area (Å²) in [4.78, 5) is 10.7. The lowest BCUT2D eigenvalue weighted by Crippen LogP contribution is -2.18. The van der Waals surface area contributed by atoms with E-state index in [0.29, 0.717) is 0 Å². The molecular weight excluding hydrogens is 166 g/mol. The van der Waals surface area contributed by atoms with Crippen LogP contribution < -0.4 is 10.9 Å². The van der Waals surface area contributed by atoms with E-state index in [1.54, 1.807) is 6.07 Å². The highest BCUT2D eigenvalue weighted by atomic mass is 16.1. The second-order valence-corrected chi connectivity index (χ2v) is 3.49. The average molecular weight is 179 g/mol. The first-order valence-electron chi connectivity index (χ1n) is 4.60. The van der Waals surface area contributed by atoms with E-state index in [4.69, 9.17) is 0 Å². The summed E-state index contributed by atoms with van der Waals surface area (Å²) in [5.41, 5.74) is 0.742. The van der Waals surface area contributed by atoms with Crippen LogP contribution in [0.5, 0.6) is 0 Å². The van der Waals surface area contributed by atoms with Gasteiger partial charge in [-0.15, -0.1) is 0 Å². The Bertz CT molecular complexity index is 309. The van der Waals surface area contributed by atoms with Gasteiger partial charge in [0, 0.05) is 12.6 Å². The largest absolute Gasteiger partial charge is 0.311 e.